The molecule has 0 bridgehead atoms. The van der Waals surface area contributed by atoms with Gasteiger partial charge in [-0.3, -0.25) is 0 Å². The van der Waals surface area contributed by atoms with Crippen molar-refractivity contribution in [2.24, 2.45) is 0 Å². The second-order valence-electron chi connectivity index (χ2n) is 4.66. The Labute approximate surface area is 156 Å². The number of halogens is 3. The van der Waals surface area contributed by atoms with E-state index in [-0.39, 0.29) is 26.2 Å². The van der Waals surface area contributed by atoms with Crippen molar-refractivity contribution in [3.8, 4) is 0 Å². The van der Waals surface area contributed by atoms with E-state index in [0.717, 1.165) is 0 Å². The molecule has 3 nitrogen and oxygen atoms in total. The quantitative estimate of drug-likeness (QED) is 0.397. The summed E-state index contributed by atoms with van der Waals surface area (Å²) in [4.78, 5) is 0. The van der Waals surface area contributed by atoms with E-state index >= 15 is 0 Å². The van der Waals surface area contributed by atoms with Crippen LogP contribution in [-0.4, -0.2) is 60.6 Å². The zero-order valence-electron chi connectivity index (χ0n) is 14.8. The summed E-state index contributed by atoms with van der Waals surface area (Å²) in [5.41, 5.74) is 0. The number of nitrogens with zero attached hydrogens (tertiary/aromatic N) is 3. The van der Waals surface area contributed by atoms with E-state index in [1.165, 1.54) is 11.5 Å². The Morgan fingerprint density at radius 1 is 0.955 bits per heavy atom. The van der Waals surface area contributed by atoms with Crippen LogP contribution in [0.4, 0.5) is 13.2 Å². The molecule has 0 amide bonds. The van der Waals surface area contributed by atoms with Crippen LogP contribution in [0.1, 0.15) is 6.42 Å². The van der Waals surface area contributed by atoms with Gasteiger partial charge in [0.05, 0.1) is 0 Å². The second kappa shape index (κ2) is 17.9. The molecule has 22 heavy (non-hydrogen) atoms. The first kappa shape index (κ1) is 30.5. The van der Waals surface area contributed by atoms with Gasteiger partial charge in [-0.2, -0.15) is 42.3 Å². The number of hydrogen-bond acceptors (Lipinski definition) is 0. The molecule has 0 radical (unpaired) electrons. The van der Waals surface area contributed by atoms with E-state index < -0.39 is 18.3 Å². The van der Waals surface area contributed by atoms with Gasteiger partial charge in [-0.25, -0.2) is 0 Å². The Morgan fingerprint density at radius 2 is 1.27 bits per heavy atom. The number of alkyl halides is 3. The Kier molecular flexibility index (Phi) is 24.8. The summed E-state index contributed by atoms with van der Waals surface area (Å²) in [7, 11) is 10.5. The summed E-state index contributed by atoms with van der Waals surface area (Å²) < 4.78 is 37.9. The maximum Gasteiger partial charge on any atom is 4.00 e. The Balaban J connectivity index is -0.000000136. The van der Waals surface area contributed by atoms with Crippen molar-refractivity contribution in [1.82, 2.24) is 0 Å². The van der Waals surface area contributed by atoms with Crippen LogP contribution < -0.4 is 0 Å². The Morgan fingerprint density at radius 3 is 1.45 bits per heavy atom. The number of rotatable bonds is 1. The molecule has 0 atom stereocenters. The minimum absolute atomic E-state index is 0. The molecule has 0 saturated carbocycles. The van der Waals surface area contributed by atoms with E-state index in [9.17, 15) is 13.2 Å². The van der Waals surface area contributed by atoms with E-state index in [1.54, 1.807) is 54.4 Å². The van der Waals surface area contributed by atoms with E-state index in [0.29, 0.717) is 10.8 Å². The van der Waals surface area contributed by atoms with Gasteiger partial charge in [-0.15, -0.1) is 0 Å². The molecule has 0 aliphatic heterocycles. The fourth-order valence-electron chi connectivity index (χ4n) is 0.987. The molecule has 0 saturated heterocycles. The van der Waals surface area contributed by atoms with Crippen LogP contribution in [0.15, 0.2) is 16.6 Å². The molecular formula is C14H28F3GeN3Zr. The third-order valence-electron chi connectivity index (χ3n) is 2.08. The molecule has 0 heterocycles. The van der Waals surface area contributed by atoms with Crippen LogP contribution in [0.2, 0.25) is 11.5 Å². The summed E-state index contributed by atoms with van der Waals surface area (Å²) in [5.74, 6) is 2.72. The fourth-order valence-corrected chi connectivity index (χ4v) is 3.89. The van der Waals surface area contributed by atoms with E-state index in [4.69, 9.17) is 0 Å². The van der Waals surface area contributed by atoms with Crippen molar-refractivity contribution < 1.29 is 39.4 Å². The largest absolute Gasteiger partial charge is 4.00 e. The van der Waals surface area contributed by atoms with Gasteiger partial charge in [-0.05, 0) is 0 Å². The molecule has 0 unspecified atom stereocenters. The third-order valence-corrected chi connectivity index (χ3v) is 8.60. The third kappa shape index (κ3) is 15.5. The van der Waals surface area contributed by atoms with Gasteiger partial charge in [0.25, 0.3) is 0 Å². The average molecular weight is 459 g/mol. The maximum atomic E-state index is 12.5. The van der Waals surface area contributed by atoms with Gasteiger partial charge in [0.2, 0.25) is 0 Å². The SMILES string of the molecule is C[N-]C.C[N-]C.C[N-]C.[CH3][Ge]([CH3])([C]1=[C-]CC=C1)[C](F)(F)F.[Zr+4]. The first-order valence-electron chi connectivity index (χ1n) is 6.38. The molecule has 0 N–H and O–H groups in total. The Hall–Kier alpha value is 0.576. The Bertz CT molecular complexity index is 289. The summed E-state index contributed by atoms with van der Waals surface area (Å²) in [6.07, 6.45) is 6.62. The van der Waals surface area contributed by atoms with Gasteiger partial charge in [0.15, 0.2) is 0 Å². The van der Waals surface area contributed by atoms with Gasteiger partial charge in [0.1, 0.15) is 0 Å². The average Bonchev–Trinajstić information content (AvgIpc) is 2.84. The van der Waals surface area contributed by atoms with Crippen molar-refractivity contribution in [3.05, 3.63) is 38.6 Å². The molecule has 0 aromatic heterocycles. The molecule has 1 aliphatic rings. The van der Waals surface area contributed by atoms with E-state index in [2.05, 4.69) is 22.0 Å². The molecule has 1 rings (SSSR count). The predicted molar refractivity (Wildman–Crippen MR) is 89.7 cm³/mol. The molecular weight excluding hydrogens is 431 g/mol. The normalized spacial score (nSPS) is 12.4. The molecule has 128 valence electrons. The summed E-state index contributed by atoms with van der Waals surface area (Å²) in [6, 6.07) is 0. The zero-order valence-corrected chi connectivity index (χ0v) is 19.4. The van der Waals surface area contributed by atoms with Crippen molar-refractivity contribution in [2.75, 3.05) is 42.3 Å². The van der Waals surface area contributed by atoms with Gasteiger partial charge < -0.3 is 16.0 Å². The molecule has 8 heteroatoms. The van der Waals surface area contributed by atoms with Crippen LogP contribution in [0, 0.1) is 6.08 Å². The van der Waals surface area contributed by atoms with Crippen molar-refractivity contribution in [1.29, 1.82) is 0 Å². The zero-order chi connectivity index (χ0) is 17.5. The fraction of sp³-hybridized carbons (Fsp3) is 0.714. The van der Waals surface area contributed by atoms with E-state index in [1.807, 2.05) is 0 Å². The van der Waals surface area contributed by atoms with Crippen molar-refractivity contribution >= 4 is 13.3 Å². The molecule has 0 aromatic carbocycles. The standard InChI is InChI=1S/C8H10F3Ge.3C2H6N.Zr/c1-12(2,8(9,10)11)7-5-3-4-6-7;3*1-3-2;/h3,5H,4H2,1-2H3;3*1-2H3;/q4*-1;+4. The topological polar surface area (TPSA) is 42.3 Å². The van der Waals surface area contributed by atoms with Gasteiger partial charge in [0, 0.05) is 0 Å². The molecule has 0 aromatic rings. The monoisotopic (exact) mass is 459 g/mol. The smallest absolute Gasteiger partial charge is 4.00 e. The summed E-state index contributed by atoms with van der Waals surface area (Å²) in [5, 5.41) is 6.50. The number of allylic oxidation sites excluding steroid dienone is 4. The van der Waals surface area contributed by atoms with Gasteiger partial charge in [-0.1, -0.05) is 0 Å². The van der Waals surface area contributed by atoms with Crippen molar-refractivity contribution in [2.45, 2.75) is 22.9 Å². The number of hydrogen-bond donors (Lipinski definition) is 0. The minimum Gasteiger partial charge on any atom is 4.00 e. The summed E-state index contributed by atoms with van der Waals surface area (Å²) >= 11 is -3.77. The summed E-state index contributed by atoms with van der Waals surface area (Å²) in [6.45, 7) is 0. The van der Waals surface area contributed by atoms with Crippen molar-refractivity contribution in [3.63, 3.8) is 0 Å². The molecule has 0 fully saturated rings. The molecule has 0 spiro atoms. The van der Waals surface area contributed by atoms with Crippen LogP contribution in [0.3, 0.4) is 0 Å². The minimum atomic E-state index is -4.00. The molecule has 1 aliphatic carbocycles. The van der Waals surface area contributed by atoms with Gasteiger partial charge >= 0.3 is 98.2 Å². The first-order valence-corrected chi connectivity index (χ1v) is 12.7. The first-order chi connectivity index (χ1) is 9.60. The second-order valence-corrected chi connectivity index (χ2v) is 13.8. The van der Waals surface area contributed by atoms with Crippen LogP contribution in [0.25, 0.3) is 16.0 Å². The van der Waals surface area contributed by atoms with Crippen LogP contribution >= 0.6 is 0 Å². The maximum absolute atomic E-state index is 12.5. The van der Waals surface area contributed by atoms with Crippen LogP contribution in [-0.2, 0) is 26.2 Å². The van der Waals surface area contributed by atoms with Crippen LogP contribution in [0.5, 0.6) is 0 Å². The predicted octanol–water partition coefficient (Wildman–Crippen LogP) is 4.88.